The SMILES string of the molecule is C=CC1=C(C)C2c3ccccc3C1CC2(C#N)C(=O)OCC. The third kappa shape index (κ3) is 1.70. The van der Waals surface area contributed by atoms with Gasteiger partial charge in [-0.1, -0.05) is 42.5 Å². The number of esters is 1. The maximum atomic E-state index is 12.6. The van der Waals surface area contributed by atoms with Crippen LogP contribution in [0.15, 0.2) is 48.1 Å². The number of fused-ring (bicyclic) bond motifs is 1. The summed E-state index contributed by atoms with van der Waals surface area (Å²) in [5.41, 5.74) is 3.39. The highest BCUT2D eigenvalue weighted by molar-refractivity contribution is 5.85. The van der Waals surface area contributed by atoms with E-state index in [1.165, 1.54) is 5.56 Å². The van der Waals surface area contributed by atoms with E-state index >= 15 is 0 Å². The molecular formula is C19H19NO2. The first-order chi connectivity index (χ1) is 10.6. The minimum Gasteiger partial charge on any atom is -0.465 e. The van der Waals surface area contributed by atoms with Gasteiger partial charge in [0.2, 0.25) is 0 Å². The van der Waals surface area contributed by atoms with E-state index in [0.29, 0.717) is 13.0 Å². The first kappa shape index (κ1) is 14.6. The Kier molecular flexibility index (Phi) is 3.41. The van der Waals surface area contributed by atoms with Crippen molar-refractivity contribution in [2.45, 2.75) is 32.1 Å². The van der Waals surface area contributed by atoms with Gasteiger partial charge in [-0.15, -0.1) is 0 Å². The maximum Gasteiger partial charge on any atom is 0.327 e. The lowest BCUT2D eigenvalue weighted by Gasteiger charge is -2.48. The molecule has 0 spiro atoms. The molecule has 3 heteroatoms. The van der Waals surface area contributed by atoms with Gasteiger partial charge < -0.3 is 4.74 Å². The molecule has 0 aromatic heterocycles. The van der Waals surface area contributed by atoms with Crippen LogP contribution in [0.3, 0.4) is 0 Å². The summed E-state index contributed by atoms with van der Waals surface area (Å²) in [6, 6.07) is 10.4. The van der Waals surface area contributed by atoms with Crippen molar-refractivity contribution >= 4 is 5.97 Å². The van der Waals surface area contributed by atoms with Crippen LogP contribution >= 0.6 is 0 Å². The second-order valence-electron chi connectivity index (χ2n) is 5.96. The molecule has 0 saturated carbocycles. The number of hydrogen-bond acceptors (Lipinski definition) is 3. The van der Waals surface area contributed by atoms with Crippen molar-refractivity contribution in [1.29, 1.82) is 5.26 Å². The smallest absolute Gasteiger partial charge is 0.327 e. The molecule has 0 amide bonds. The third-order valence-electron chi connectivity index (χ3n) is 5.02. The molecule has 4 rings (SSSR count). The van der Waals surface area contributed by atoms with E-state index in [-0.39, 0.29) is 11.8 Å². The van der Waals surface area contributed by atoms with Crippen molar-refractivity contribution < 1.29 is 9.53 Å². The molecule has 3 nitrogen and oxygen atoms in total. The average Bonchev–Trinajstić information content (AvgIpc) is 2.55. The third-order valence-corrected chi connectivity index (χ3v) is 5.02. The van der Waals surface area contributed by atoms with Crippen LogP contribution in [0.1, 0.15) is 43.2 Å². The van der Waals surface area contributed by atoms with Crippen LogP contribution in [-0.4, -0.2) is 12.6 Å². The molecule has 0 aliphatic heterocycles. The summed E-state index contributed by atoms with van der Waals surface area (Å²) < 4.78 is 5.25. The molecule has 0 fully saturated rings. The second-order valence-corrected chi connectivity index (χ2v) is 5.96. The summed E-state index contributed by atoms with van der Waals surface area (Å²) in [7, 11) is 0. The molecule has 0 saturated heterocycles. The summed E-state index contributed by atoms with van der Waals surface area (Å²) in [6.07, 6.45) is 2.35. The standard InChI is InChI=1S/C19H19NO2/c1-4-13-12(3)17-15-9-7-6-8-14(15)16(13)10-19(17,11-20)18(21)22-5-2/h4,6-9,16-17H,1,5,10H2,2-3H3. The fraction of sp³-hybridized carbons (Fsp3) is 0.368. The molecule has 0 heterocycles. The van der Waals surface area contributed by atoms with Gasteiger partial charge in [-0.3, -0.25) is 4.79 Å². The van der Waals surface area contributed by atoms with Crippen molar-refractivity contribution in [1.82, 2.24) is 0 Å². The lowest BCUT2D eigenvalue weighted by atomic mass is 9.52. The van der Waals surface area contributed by atoms with Gasteiger partial charge in [0.15, 0.2) is 5.41 Å². The minimum absolute atomic E-state index is 0.0442. The number of rotatable bonds is 3. The van der Waals surface area contributed by atoms with E-state index in [1.54, 1.807) is 6.92 Å². The lowest BCUT2D eigenvalue weighted by Crippen LogP contribution is -2.46. The number of carbonyl (C=O) groups is 1. The van der Waals surface area contributed by atoms with E-state index in [2.05, 4.69) is 18.7 Å². The molecule has 1 aromatic carbocycles. The topological polar surface area (TPSA) is 50.1 Å². The normalized spacial score (nSPS) is 28.8. The highest BCUT2D eigenvalue weighted by Gasteiger charge is 2.57. The number of nitriles is 1. The number of ether oxygens (including phenoxy) is 1. The molecule has 3 atom stereocenters. The quantitative estimate of drug-likeness (QED) is 0.795. The van der Waals surface area contributed by atoms with Crippen LogP contribution in [0.4, 0.5) is 0 Å². The van der Waals surface area contributed by atoms with Crippen LogP contribution < -0.4 is 0 Å². The number of hydrogen-bond donors (Lipinski definition) is 0. The van der Waals surface area contributed by atoms with Crippen molar-refractivity contribution in [3.05, 3.63) is 59.2 Å². The summed E-state index contributed by atoms with van der Waals surface area (Å²) in [5.74, 6) is -0.599. The fourth-order valence-corrected chi connectivity index (χ4v) is 4.15. The Morgan fingerprint density at radius 3 is 2.77 bits per heavy atom. The largest absolute Gasteiger partial charge is 0.465 e. The van der Waals surface area contributed by atoms with E-state index in [1.807, 2.05) is 31.2 Å². The van der Waals surface area contributed by atoms with Crippen molar-refractivity contribution in [2.24, 2.45) is 5.41 Å². The zero-order chi connectivity index (χ0) is 15.9. The molecule has 0 radical (unpaired) electrons. The number of nitrogens with zero attached hydrogens (tertiary/aromatic N) is 1. The zero-order valence-electron chi connectivity index (χ0n) is 12.9. The van der Waals surface area contributed by atoms with Gasteiger partial charge in [0.1, 0.15) is 0 Å². The summed E-state index contributed by atoms with van der Waals surface area (Å²) in [4.78, 5) is 12.6. The minimum atomic E-state index is -1.12. The monoisotopic (exact) mass is 293 g/mol. The molecule has 0 N–H and O–H groups in total. The van der Waals surface area contributed by atoms with Crippen molar-refractivity contribution in [2.75, 3.05) is 6.61 Å². The van der Waals surface area contributed by atoms with Crippen LogP contribution in [0.2, 0.25) is 0 Å². The maximum absolute atomic E-state index is 12.6. The van der Waals surface area contributed by atoms with E-state index in [0.717, 1.165) is 16.7 Å². The molecule has 3 aliphatic rings. The molecule has 112 valence electrons. The first-order valence-corrected chi connectivity index (χ1v) is 7.61. The Bertz CT molecular complexity index is 725. The van der Waals surface area contributed by atoms with Gasteiger partial charge in [-0.05, 0) is 37.0 Å². The Labute approximate surface area is 130 Å². The van der Waals surface area contributed by atoms with Gasteiger partial charge in [-0.2, -0.15) is 5.26 Å². The molecule has 1 aromatic rings. The van der Waals surface area contributed by atoms with Gasteiger partial charge in [0, 0.05) is 11.8 Å². The number of benzene rings is 1. The molecular weight excluding hydrogens is 274 g/mol. The van der Waals surface area contributed by atoms with Crippen LogP contribution in [0.5, 0.6) is 0 Å². The van der Waals surface area contributed by atoms with Crippen LogP contribution in [0, 0.1) is 16.7 Å². The fourth-order valence-electron chi connectivity index (χ4n) is 4.15. The Hall–Kier alpha value is -2.34. The Morgan fingerprint density at radius 1 is 1.50 bits per heavy atom. The first-order valence-electron chi connectivity index (χ1n) is 7.61. The van der Waals surface area contributed by atoms with Crippen molar-refractivity contribution in [3.8, 4) is 6.07 Å². The molecule has 3 unspecified atom stereocenters. The highest BCUT2D eigenvalue weighted by atomic mass is 16.5. The summed E-state index contributed by atoms with van der Waals surface area (Å²) in [5, 5.41) is 9.86. The van der Waals surface area contributed by atoms with Gasteiger partial charge in [0.25, 0.3) is 0 Å². The van der Waals surface area contributed by atoms with Gasteiger partial charge in [-0.25, -0.2) is 0 Å². The van der Waals surface area contributed by atoms with E-state index < -0.39 is 11.4 Å². The molecule has 2 bridgehead atoms. The van der Waals surface area contributed by atoms with E-state index in [9.17, 15) is 10.1 Å². The summed E-state index contributed by atoms with van der Waals surface area (Å²) in [6.45, 7) is 8.00. The molecule has 22 heavy (non-hydrogen) atoms. The highest BCUT2D eigenvalue weighted by Crippen LogP contribution is 2.61. The zero-order valence-corrected chi connectivity index (χ0v) is 12.9. The predicted molar refractivity (Wildman–Crippen MR) is 84.1 cm³/mol. The number of allylic oxidation sites excluding steroid dienone is 3. The number of carbonyl (C=O) groups excluding carboxylic acids is 1. The predicted octanol–water partition coefficient (Wildman–Crippen LogP) is 3.85. The van der Waals surface area contributed by atoms with Crippen LogP contribution in [0.25, 0.3) is 0 Å². The lowest BCUT2D eigenvalue weighted by molar-refractivity contribution is -0.154. The van der Waals surface area contributed by atoms with E-state index in [4.69, 9.17) is 4.74 Å². The summed E-state index contributed by atoms with van der Waals surface area (Å²) >= 11 is 0. The van der Waals surface area contributed by atoms with Crippen molar-refractivity contribution in [3.63, 3.8) is 0 Å². The Balaban J connectivity index is 2.25. The Morgan fingerprint density at radius 2 is 2.18 bits per heavy atom. The van der Waals surface area contributed by atoms with Gasteiger partial charge in [0.05, 0.1) is 12.7 Å². The average molecular weight is 293 g/mol. The van der Waals surface area contributed by atoms with Gasteiger partial charge >= 0.3 is 5.97 Å². The second kappa shape index (κ2) is 5.14. The van der Waals surface area contributed by atoms with Crippen LogP contribution in [-0.2, 0) is 9.53 Å². The molecule has 3 aliphatic carbocycles.